The number of nitro groups is 1. The predicted molar refractivity (Wildman–Crippen MR) is 130 cm³/mol. The van der Waals surface area contributed by atoms with E-state index in [1.54, 1.807) is 0 Å². The monoisotopic (exact) mass is 576 g/mol. The maximum atomic E-state index is 13.1. The molecular weight excluding hydrogens is 560 g/mol. The molecule has 0 aliphatic carbocycles. The molecule has 3 aromatic rings. The number of hydrogen-bond donors (Lipinski definition) is 1. The number of nitrogens with zero attached hydrogens (tertiary/aromatic N) is 3. The van der Waals surface area contributed by atoms with Crippen molar-refractivity contribution in [2.24, 2.45) is 0 Å². The molecule has 1 N–H and O–H groups in total. The number of piperidine rings is 1. The molecule has 0 spiro atoms. The number of rotatable bonds is 7. The van der Waals surface area contributed by atoms with Crippen LogP contribution in [0, 0.1) is 10.1 Å². The number of benzene rings is 1. The molecule has 1 aliphatic rings. The summed E-state index contributed by atoms with van der Waals surface area (Å²) in [5.41, 5.74) is -0.252. The Hall–Kier alpha value is -2.43. The van der Waals surface area contributed by atoms with Gasteiger partial charge in [0.1, 0.15) is 14.5 Å². The fraction of sp³-hybridized carbons (Fsp3) is 0.263. The van der Waals surface area contributed by atoms with Crippen molar-refractivity contribution >= 4 is 70.9 Å². The lowest BCUT2D eigenvalue weighted by Crippen LogP contribution is -2.49. The van der Waals surface area contributed by atoms with Crippen LogP contribution in [0.5, 0.6) is 0 Å². The molecule has 16 heteroatoms. The van der Waals surface area contributed by atoms with E-state index in [0.29, 0.717) is 34.9 Å². The van der Waals surface area contributed by atoms with Gasteiger partial charge in [-0.3, -0.25) is 14.9 Å². The van der Waals surface area contributed by atoms with Crippen molar-refractivity contribution < 1.29 is 26.6 Å². The first-order valence-electron chi connectivity index (χ1n) is 10.0. The summed E-state index contributed by atoms with van der Waals surface area (Å²) in [6.45, 7) is 0.160. The summed E-state index contributed by atoms with van der Waals surface area (Å²) < 4.78 is 53.2. The highest BCUT2D eigenvalue weighted by Crippen LogP contribution is 2.33. The summed E-state index contributed by atoms with van der Waals surface area (Å²) in [5.74, 6) is -0.621. The van der Waals surface area contributed by atoms with Crippen molar-refractivity contribution in [3.8, 4) is 0 Å². The second kappa shape index (κ2) is 9.91. The first-order chi connectivity index (χ1) is 16.5. The number of nitro benzene ring substituents is 1. The maximum Gasteiger partial charge on any atom is 0.269 e. The first-order valence-corrected chi connectivity index (χ1v) is 15.0. The number of hydrogen-bond acceptors (Lipinski definition) is 10. The minimum absolute atomic E-state index is 0.0161. The second-order valence-corrected chi connectivity index (χ2v) is 14.5. The lowest BCUT2D eigenvalue weighted by atomic mass is 10.0. The number of non-ortho nitro benzene ring substituents is 1. The fourth-order valence-electron chi connectivity index (χ4n) is 3.50. The Morgan fingerprint density at radius 1 is 1.09 bits per heavy atom. The van der Waals surface area contributed by atoms with Gasteiger partial charge in [-0.2, -0.15) is 4.31 Å². The molecule has 1 saturated heterocycles. The fourth-order valence-corrected chi connectivity index (χ4v) is 9.20. The smallest absolute Gasteiger partial charge is 0.269 e. The Kier molecular flexibility index (Phi) is 7.26. The zero-order valence-corrected chi connectivity index (χ0v) is 21.7. The second-order valence-electron chi connectivity index (χ2n) is 7.41. The molecule has 0 bridgehead atoms. The third kappa shape index (κ3) is 5.24. The van der Waals surface area contributed by atoms with Gasteiger partial charge in [0.15, 0.2) is 5.13 Å². The van der Waals surface area contributed by atoms with E-state index in [0.717, 1.165) is 46.1 Å². The molecule has 35 heavy (non-hydrogen) atoms. The zero-order chi connectivity index (χ0) is 25.4. The minimum atomic E-state index is -4.02. The van der Waals surface area contributed by atoms with Gasteiger partial charge in [0, 0.05) is 18.7 Å². The van der Waals surface area contributed by atoms with Gasteiger partial charge in [0.05, 0.1) is 20.4 Å². The summed E-state index contributed by atoms with van der Waals surface area (Å²) >= 11 is 7.49. The van der Waals surface area contributed by atoms with Gasteiger partial charge in [0.2, 0.25) is 15.7 Å². The molecule has 1 aliphatic heterocycles. The number of halogens is 1. The lowest BCUT2D eigenvalue weighted by molar-refractivity contribution is -0.384. The largest absolute Gasteiger partial charge is 0.301 e. The van der Waals surface area contributed by atoms with Crippen LogP contribution in [0.4, 0.5) is 10.8 Å². The van der Waals surface area contributed by atoms with Crippen LogP contribution in [0.2, 0.25) is 4.34 Å². The summed E-state index contributed by atoms with van der Waals surface area (Å²) in [7, 11) is -7.97. The first kappa shape index (κ1) is 25.7. The lowest BCUT2D eigenvalue weighted by Gasteiger charge is -2.32. The Bertz CT molecular complexity index is 1480. The number of aromatic nitrogens is 1. The summed E-state index contributed by atoms with van der Waals surface area (Å²) in [6, 6.07) is 6.27. The minimum Gasteiger partial charge on any atom is -0.301 e. The number of nitrogens with one attached hydrogen (secondary N) is 1. The average molecular weight is 577 g/mol. The number of thiazole rings is 1. The standard InChI is InChI=1S/C19H17ClN4O7S4/c20-15-8-9-16(32-15)35(30,31)23-10-2-1-3-14(23)18(25)22-19-21-11-17(33-19)34(28,29)13-6-4-12(5-7-13)24(26)27/h4-9,11,14H,1-3,10H2,(H,21,22,25). The van der Waals surface area contributed by atoms with Crippen LogP contribution >= 0.6 is 34.3 Å². The van der Waals surface area contributed by atoms with E-state index in [9.17, 15) is 31.7 Å². The van der Waals surface area contributed by atoms with E-state index < -0.39 is 36.7 Å². The van der Waals surface area contributed by atoms with Crippen molar-refractivity contribution in [3.63, 3.8) is 0 Å². The van der Waals surface area contributed by atoms with Crippen LogP contribution in [0.15, 0.2) is 55.9 Å². The van der Waals surface area contributed by atoms with E-state index in [1.807, 2.05) is 0 Å². The summed E-state index contributed by atoms with van der Waals surface area (Å²) in [6.07, 6.45) is 2.60. The number of carbonyl (C=O) groups excluding carboxylic acids is 1. The average Bonchev–Trinajstić information content (AvgIpc) is 3.49. The third-order valence-electron chi connectivity index (χ3n) is 5.21. The molecule has 0 radical (unpaired) electrons. The molecule has 2 aromatic heterocycles. The highest BCUT2D eigenvalue weighted by Gasteiger charge is 2.38. The quantitative estimate of drug-likeness (QED) is 0.329. The van der Waals surface area contributed by atoms with E-state index in [2.05, 4.69) is 10.3 Å². The molecule has 1 amide bonds. The Morgan fingerprint density at radius 3 is 2.43 bits per heavy atom. The highest BCUT2D eigenvalue weighted by atomic mass is 35.5. The van der Waals surface area contributed by atoms with Crippen molar-refractivity contribution in [3.05, 3.63) is 57.0 Å². The van der Waals surface area contributed by atoms with Crippen molar-refractivity contribution in [1.29, 1.82) is 0 Å². The maximum absolute atomic E-state index is 13.1. The number of amides is 1. The molecule has 186 valence electrons. The molecular formula is C19H17ClN4O7S4. The van der Waals surface area contributed by atoms with Gasteiger partial charge in [-0.15, -0.1) is 11.3 Å². The van der Waals surface area contributed by atoms with Crippen LogP contribution in [0.1, 0.15) is 19.3 Å². The molecule has 4 rings (SSSR count). The van der Waals surface area contributed by atoms with Crippen LogP contribution in [-0.4, -0.2) is 49.5 Å². The third-order valence-corrected chi connectivity index (χ3v) is 12.0. The van der Waals surface area contributed by atoms with Gasteiger partial charge in [-0.1, -0.05) is 29.4 Å². The van der Waals surface area contributed by atoms with E-state index in [4.69, 9.17) is 11.6 Å². The normalized spacial score (nSPS) is 17.2. The van der Waals surface area contributed by atoms with Crippen LogP contribution < -0.4 is 5.32 Å². The van der Waals surface area contributed by atoms with E-state index >= 15 is 0 Å². The number of sulfone groups is 1. The Balaban J connectivity index is 1.53. The topological polar surface area (TPSA) is 157 Å². The molecule has 11 nitrogen and oxygen atoms in total. The number of sulfonamides is 1. The van der Waals surface area contributed by atoms with Gasteiger partial charge in [-0.25, -0.2) is 21.8 Å². The van der Waals surface area contributed by atoms with E-state index in [-0.39, 0.29) is 30.7 Å². The zero-order valence-electron chi connectivity index (χ0n) is 17.7. The van der Waals surface area contributed by atoms with Gasteiger partial charge < -0.3 is 5.32 Å². The number of thiophene rings is 1. The van der Waals surface area contributed by atoms with Gasteiger partial charge in [0.25, 0.3) is 15.7 Å². The van der Waals surface area contributed by atoms with Crippen LogP contribution in [0.3, 0.4) is 0 Å². The molecule has 1 fully saturated rings. The van der Waals surface area contributed by atoms with E-state index in [1.165, 1.54) is 12.1 Å². The number of carbonyl (C=O) groups is 1. The summed E-state index contributed by atoms with van der Waals surface area (Å²) in [5, 5.41) is 13.3. The van der Waals surface area contributed by atoms with Crippen LogP contribution in [-0.2, 0) is 24.7 Å². The number of anilines is 1. The van der Waals surface area contributed by atoms with Crippen molar-refractivity contribution in [1.82, 2.24) is 9.29 Å². The Morgan fingerprint density at radius 2 is 1.80 bits per heavy atom. The molecule has 1 atom stereocenters. The molecule has 1 unspecified atom stereocenters. The molecule has 0 saturated carbocycles. The Labute approximate surface area is 213 Å². The molecule has 1 aromatic carbocycles. The highest BCUT2D eigenvalue weighted by molar-refractivity contribution is 7.93. The molecule has 3 heterocycles. The SMILES string of the molecule is O=C(Nc1ncc(S(=O)(=O)c2ccc([N+](=O)[O-])cc2)s1)C1CCCCN1S(=O)(=O)c1ccc(Cl)s1. The predicted octanol–water partition coefficient (Wildman–Crippen LogP) is 3.78. The van der Waals surface area contributed by atoms with Gasteiger partial charge in [-0.05, 0) is 37.1 Å². The van der Waals surface area contributed by atoms with Crippen LogP contribution in [0.25, 0.3) is 0 Å². The van der Waals surface area contributed by atoms with Crippen molar-refractivity contribution in [2.45, 2.75) is 38.6 Å². The summed E-state index contributed by atoms with van der Waals surface area (Å²) in [4.78, 5) is 27.0. The van der Waals surface area contributed by atoms with Gasteiger partial charge >= 0.3 is 0 Å². The van der Waals surface area contributed by atoms with Crippen molar-refractivity contribution in [2.75, 3.05) is 11.9 Å².